The van der Waals surface area contributed by atoms with Crippen LogP contribution in [0, 0.1) is 0 Å². The topological polar surface area (TPSA) is 13.1 Å². The number of fused-ring (bicyclic) bond motifs is 1. The summed E-state index contributed by atoms with van der Waals surface area (Å²) in [5.74, 6) is 0.263. The number of rotatable bonds is 1. The minimum absolute atomic E-state index is 0.263. The van der Waals surface area contributed by atoms with Gasteiger partial charge >= 0.3 is 0 Å². The van der Waals surface area contributed by atoms with E-state index in [1.807, 2.05) is 0 Å². The van der Waals surface area contributed by atoms with E-state index in [1.165, 1.54) is 0 Å². The fraction of sp³-hybridized carbons (Fsp3) is 0.111. The van der Waals surface area contributed by atoms with Crippen LogP contribution < -0.4 is 0 Å². The Bertz CT molecular complexity index is 450. The molecule has 68 valence electrons. The standard InChI is InChI=1S/C9H5Cl2FO/c10-6-1-5-2-7(4-12)13-9(5)8(11)3-6/h1-3H,4H2. The quantitative estimate of drug-likeness (QED) is 0.700. The summed E-state index contributed by atoms with van der Waals surface area (Å²) in [7, 11) is 0. The second kappa shape index (κ2) is 3.20. The smallest absolute Gasteiger partial charge is 0.153 e. The van der Waals surface area contributed by atoms with E-state index in [9.17, 15) is 4.39 Å². The lowest BCUT2D eigenvalue weighted by Gasteiger charge is -1.92. The van der Waals surface area contributed by atoms with Gasteiger partial charge in [0.2, 0.25) is 0 Å². The molecule has 1 nitrogen and oxygen atoms in total. The first-order valence-electron chi connectivity index (χ1n) is 3.64. The Kier molecular flexibility index (Phi) is 2.18. The maximum Gasteiger partial charge on any atom is 0.153 e. The number of benzene rings is 1. The van der Waals surface area contributed by atoms with Crippen LogP contribution in [-0.2, 0) is 6.67 Å². The molecule has 0 atom stereocenters. The molecule has 0 amide bonds. The molecule has 2 aromatic rings. The normalized spacial score (nSPS) is 11.0. The zero-order valence-electron chi connectivity index (χ0n) is 6.48. The van der Waals surface area contributed by atoms with Crippen molar-refractivity contribution in [3.63, 3.8) is 0 Å². The predicted octanol–water partition coefficient (Wildman–Crippen LogP) is 4.21. The number of furan rings is 1. The van der Waals surface area contributed by atoms with Crippen LogP contribution in [0.15, 0.2) is 22.6 Å². The van der Waals surface area contributed by atoms with Gasteiger partial charge < -0.3 is 4.42 Å². The molecule has 0 bridgehead atoms. The molecule has 13 heavy (non-hydrogen) atoms. The molecule has 2 rings (SSSR count). The highest BCUT2D eigenvalue weighted by Gasteiger charge is 2.07. The van der Waals surface area contributed by atoms with Crippen LogP contribution in [0.4, 0.5) is 4.39 Å². The van der Waals surface area contributed by atoms with Gasteiger partial charge in [0, 0.05) is 10.4 Å². The van der Waals surface area contributed by atoms with Crippen molar-refractivity contribution in [2.45, 2.75) is 6.67 Å². The molecule has 0 aliphatic carbocycles. The minimum atomic E-state index is -0.636. The van der Waals surface area contributed by atoms with Gasteiger partial charge in [0.15, 0.2) is 5.58 Å². The molecule has 4 heteroatoms. The van der Waals surface area contributed by atoms with Crippen LogP contribution in [0.1, 0.15) is 5.76 Å². The van der Waals surface area contributed by atoms with Crippen molar-refractivity contribution in [2.24, 2.45) is 0 Å². The molecular formula is C9H5Cl2FO. The van der Waals surface area contributed by atoms with E-state index in [4.69, 9.17) is 27.6 Å². The first-order valence-corrected chi connectivity index (χ1v) is 4.40. The summed E-state index contributed by atoms with van der Waals surface area (Å²) in [4.78, 5) is 0. The zero-order valence-corrected chi connectivity index (χ0v) is 7.99. The third-order valence-electron chi connectivity index (χ3n) is 1.72. The van der Waals surface area contributed by atoms with E-state index in [1.54, 1.807) is 18.2 Å². The largest absolute Gasteiger partial charge is 0.457 e. The van der Waals surface area contributed by atoms with Gasteiger partial charge in [-0.1, -0.05) is 23.2 Å². The first kappa shape index (κ1) is 8.85. The monoisotopic (exact) mass is 218 g/mol. The predicted molar refractivity (Wildman–Crippen MR) is 51.0 cm³/mol. The van der Waals surface area contributed by atoms with Crippen LogP contribution in [-0.4, -0.2) is 0 Å². The van der Waals surface area contributed by atoms with Crippen molar-refractivity contribution in [1.29, 1.82) is 0 Å². The van der Waals surface area contributed by atoms with Gasteiger partial charge in [-0.15, -0.1) is 0 Å². The summed E-state index contributed by atoms with van der Waals surface area (Å²) < 4.78 is 17.4. The summed E-state index contributed by atoms with van der Waals surface area (Å²) in [5, 5.41) is 1.65. The fourth-order valence-corrected chi connectivity index (χ4v) is 1.74. The summed E-state index contributed by atoms with van der Waals surface area (Å²) in [6.07, 6.45) is 0. The van der Waals surface area contributed by atoms with Crippen LogP contribution >= 0.6 is 23.2 Å². The highest BCUT2D eigenvalue weighted by atomic mass is 35.5. The maximum atomic E-state index is 12.2. The highest BCUT2D eigenvalue weighted by Crippen LogP contribution is 2.30. The second-order valence-corrected chi connectivity index (χ2v) is 3.50. The van der Waals surface area contributed by atoms with E-state index in [-0.39, 0.29) is 5.76 Å². The Balaban J connectivity index is 2.75. The molecule has 1 heterocycles. The van der Waals surface area contributed by atoms with Crippen LogP contribution in [0.3, 0.4) is 0 Å². The van der Waals surface area contributed by atoms with Crippen LogP contribution in [0.2, 0.25) is 10.0 Å². The lowest BCUT2D eigenvalue weighted by Crippen LogP contribution is -1.67. The van der Waals surface area contributed by atoms with Gasteiger partial charge in [0.1, 0.15) is 12.4 Å². The molecule has 1 aromatic heterocycles. The molecule has 0 unspecified atom stereocenters. The molecule has 1 aromatic carbocycles. The van der Waals surface area contributed by atoms with Gasteiger partial charge in [0.25, 0.3) is 0 Å². The molecule has 0 spiro atoms. The van der Waals surface area contributed by atoms with Crippen molar-refractivity contribution in [2.75, 3.05) is 0 Å². The van der Waals surface area contributed by atoms with Crippen molar-refractivity contribution in [3.05, 3.63) is 34.0 Å². The molecule has 0 radical (unpaired) electrons. The summed E-state index contributed by atoms with van der Waals surface area (Å²) in [5.41, 5.74) is 0.485. The van der Waals surface area contributed by atoms with Gasteiger partial charge in [-0.05, 0) is 18.2 Å². The average molecular weight is 219 g/mol. The minimum Gasteiger partial charge on any atom is -0.457 e. The van der Waals surface area contributed by atoms with Crippen molar-refractivity contribution in [3.8, 4) is 0 Å². The third-order valence-corrected chi connectivity index (χ3v) is 2.22. The molecule has 0 saturated carbocycles. The number of halogens is 3. The third kappa shape index (κ3) is 1.52. The Hall–Kier alpha value is -0.730. The second-order valence-electron chi connectivity index (χ2n) is 2.65. The van der Waals surface area contributed by atoms with Gasteiger partial charge in [-0.2, -0.15) is 0 Å². The SMILES string of the molecule is FCc1cc2cc(Cl)cc(Cl)c2o1. The van der Waals surface area contributed by atoms with Crippen molar-refractivity contribution < 1.29 is 8.81 Å². The zero-order chi connectivity index (χ0) is 9.42. The van der Waals surface area contributed by atoms with Gasteiger partial charge in [0.05, 0.1) is 5.02 Å². The van der Waals surface area contributed by atoms with Gasteiger partial charge in [-0.25, -0.2) is 4.39 Å². The van der Waals surface area contributed by atoms with Crippen molar-refractivity contribution in [1.82, 2.24) is 0 Å². The van der Waals surface area contributed by atoms with E-state index in [0.29, 0.717) is 15.6 Å². The number of hydrogen-bond donors (Lipinski definition) is 0. The lowest BCUT2D eigenvalue weighted by molar-refractivity contribution is 0.407. The fourth-order valence-electron chi connectivity index (χ4n) is 1.20. The van der Waals surface area contributed by atoms with E-state index < -0.39 is 6.67 Å². The summed E-state index contributed by atoms with van der Waals surface area (Å²) >= 11 is 11.6. The van der Waals surface area contributed by atoms with Crippen molar-refractivity contribution >= 4 is 34.2 Å². The number of alkyl halides is 1. The van der Waals surface area contributed by atoms with E-state index in [2.05, 4.69) is 0 Å². The van der Waals surface area contributed by atoms with Crippen LogP contribution in [0.25, 0.3) is 11.0 Å². The average Bonchev–Trinajstić information content (AvgIpc) is 2.47. The molecule has 0 aliphatic heterocycles. The Labute approximate surface area is 84.0 Å². The number of hydrogen-bond acceptors (Lipinski definition) is 1. The van der Waals surface area contributed by atoms with E-state index >= 15 is 0 Å². The van der Waals surface area contributed by atoms with E-state index in [0.717, 1.165) is 5.39 Å². The highest BCUT2D eigenvalue weighted by molar-refractivity contribution is 6.38. The molecule has 0 fully saturated rings. The molecular weight excluding hydrogens is 214 g/mol. The molecule has 0 aliphatic rings. The molecule has 0 N–H and O–H groups in total. The lowest BCUT2D eigenvalue weighted by atomic mass is 10.2. The van der Waals surface area contributed by atoms with Gasteiger partial charge in [-0.3, -0.25) is 0 Å². The first-order chi connectivity index (χ1) is 6.20. The summed E-state index contributed by atoms with van der Waals surface area (Å²) in [6, 6.07) is 4.84. The Morgan fingerprint density at radius 2 is 2.00 bits per heavy atom. The molecule has 0 saturated heterocycles. The Morgan fingerprint density at radius 1 is 1.23 bits per heavy atom. The summed E-state index contributed by atoms with van der Waals surface area (Å²) in [6.45, 7) is -0.636. The Morgan fingerprint density at radius 3 is 2.69 bits per heavy atom. The maximum absolute atomic E-state index is 12.2. The van der Waals surface area contributed by atoms with Crippen LogP contribution in [0.5, 0.6) is 0 Å².